The first-order valence-corrected chi connectivity index (χ1v) is 8.37. The van der Waals surface area contributed by atoms with Crippen LogP contribution in [-0.2, 0) is 0 Å². The van der Waals surface area contributed by atoms with Gasteiger partial charge in [-0.2, -0.15) is 5.10 Å². The Labute approximate surface area is 143 Å². The van der Waals surface area contributed by atoms with Crippen LogP contribution >= 0.6 is 23.6 Å². The van der Waals surface area contributed by atoms with Crippen LogP contribution in [0.25, 0.3) is 0 Å². The predicted molar refractivity (Wildman–Crippen MR) is 96.2 cm³/mol. The first-order valence-electron chi connectivity index (χ1n) is 7.15. The number of thiophene rings is 1. The number of halogens is 2. The molecule has 122 valence electrons. The minimum Gasteiger partial charge on any atom is -0.329 e. The highest BCUT2D eigenvalue weighted by Crippen LogP contribution is 2.18. The Kier molecular flexibility index (Phi) is 6.18. The fraction of sp³-hybridized carbons (Fsp3) is 0.250. The molecule has 3 nitrogen and oxygen atoms in total. The Hall–Kier alpha value is -1.86. The van der Waals surface area contributed by atoms with Gasteiger partial charge in [-0.25, -0.2) is 8.78 Å². The van der Waals surface area contributed by atoms with Crippen LogP contribution in [0.2, 0.25) is 0 Å². The maximum absolute atomic E-state index is 13.6. The summed E-state index contributed by atoms with van der Waals surface area (Å²) in [6.07, 6.45) is 1.75. The summed E-state index contributed by atoms with van der Waals surface area (Å²) in [7, 11) is 0. The van der Waals surface area contributed by atoms with Crippen molar-refractivity contribution in [3.8, 4) is 0 Å². The average molecular weight is 353 g/mol. The molecule has 0 spiro atoms. The van der Waals surface area contributed by atoms with Crippen LogP contribution in [0.5, 0.6) is 0 Å². The van der Waals surface area contributed by atoms with Gasteiger partial charge in [-0.3, -0.25) is 5.43 Å². The standard InChI is InChI=1S/C16H17F2N3S2/c1-3-4-14(15-8-5-10(2)23-15)20-21-16(22)19-13-7-6-11(17)9-12(13)18/h5-9H,3-4H2,1-2H3,(H2,19,21,22)/b20-14+. The third-order valence-electron chi connectivity index (χ3n) is 2.98. The van der Waals surface area contributed by atoms with Crippen molar-refractivity contribution in [1.82, 2.24) is 5.43 Å². The molecule has 2 rings (SSSR count). The third-order valence-corrected chi connectivity index (χ3v) is 4.23. The molecule has 7 heteroatoms. The summed E-state index contributed by atoms with van der Waals surface area (Å²) >= 11 is 6.76. The molecule has 0 fully saturated rings. The number of nitrogens with zero attached hydrogens (tertiary/aromatic N) is 1. The van der Waals surface area contributed by atoms with E-state index in [9.17, 15) is 8.78 Å². The van der Waals surface area contributed by atoms with Crippen molar-refractivity contribution < 1.29 is 8.78 Å². The Bertz CT molecular complexity index is 726. The monoisotopic (exact) mass is 353 g/mol. The molecule has 0 aliphatic rings. The van der Waals surface area contributed by atoms with Crippen LogP contribution in [0.1, 0.15) is 29.5 Å². The van der Waals surface area contributed by atoms with Gasteiger partial charge in [-0.15, -0.1) is 11.3 Å². The first kappa shape index (κ1) is 17.5. The number of rotatable bonds is 5. The quantitative estimate of drug-likeness (QED) is 0.459. The molecule has 1 aromatic carbocycles. The van der Waals surface area contributed by atoms with Gasteiger partial charge in [0.2, 0.25) is 0 Å². The van der Waals surface area contributed by atoms with E-state index in [2.05, 4.69) is 22.8 Å². The lowest BCUT2D eigenvalue weighted by Gasteiger charge is -2.09. The molecule has 23 heavy (non-hydrogen) atoms. The van der Waals surface area contributed by atoms with Crippen LogP contribution in [0.15, 0.2) is 35.4 Å². The van der Waals surface area contributed by atoms with Gasteiger partial charge >= 0.3 is 0 Å². The number of nitrogens with one attached hydrogen (secondary N) is 2. The summed E-state index contributed by atoms with van der Waals surface area (Å²) in [5.41, 5.74) is 3.72. The molecule has 1 heterocycles. The molecule has 0 aliphatic heterocycles. The van der Waals surface area contributed by atoms with E-state index in [1.54, 1.807) is 11.3 Å². The average Bonchev–Trinajstić information content (AvgIpc) is 2.93. The lowest BCUT2D eigenvalue weighted by atomic mass is 10.2. The molecule has 2 aromatic rings. The van der Waals surface area contributed by atoms with E-state index in [-0.39, 0.29) is 10.8 Å². The van der Waals surface area contributed by atoms with Crippen molar-refractivity contribution in [2.24, 2.45) is 5.10 Å². The fourth-order valence-corrected chi connectivity index (χ4v) is 2.96. The number of benzene rings is 1. The van der Waals surface area contributed by atoms with Crippen LogP contribution in [0.3, 0.4) is 0 Å². The summed E-state index contributed by atoms with van der Waals surface area (Å²) < 4.78 is 26.5. The maximum atomic E-state index is 13.6. The molecule has 2 N–H and O–H groups in total. The van der Waals surface area contributed by atoms with Crippen LogP contribution in [0.4, 0.5) is 14.5 Å². The number of hydrogen-bond acceptors (Lipinski definition) is 3. The van der Waals surface area contributed by atoms with E-state index < -0.39 is 11.6 Å². The van der Waals surface area contributed by atoms with Crippen LogP contribution in [0, 0.1) is 18.6 Å². The molecule has 0 unspecified atom stereocenters. The smallest absolute Gasteiger partial charge is 0.191 e. The van der Waals surface area contributed by atoms with E-state index in [1.807, 2.05) is 19.1 Å². The SMILES string of the molecule is CCC/C(=N\NC(=S)Nc1ccc(F)cc1F)c1ccc(C)s1. The van der Waals surface area contributed by atoms with E-state index in [0.29, 0.717) is 0 Å². The highest BCUT2D eigenvalue weighted by Gasteiger charge is 2.08. The van der Waals surface area contributed by atoms with Crippen molar-refractivity contribution in [2.45, 2.75) is 26.7 Å². The second kappa shape index (κ2) is 8.12. The molecule has 0 aliphatic carbocycles. The highest BCUT2D eigenvalue weighted by atomic mass is 32.1. The molecule has 0 bridgehead atoms. The largest absolute Gasteiger partial charge is 0.329 e. The lowest BCUT2D eigenvalue weighted by Crippen LogP contribution is -2.25. The zero-order chi connectivity index (χ0) is 16.8. The van der Waals surface area contributed by atoms with Gasteiger partial charge in [0.15, 0.2) is 5.11 Å². The van der Waals surface area contributed by atoms with Crippen LogP contribution in [-0.4, -0.2) is 10.8 Å². The second-order valence-electron chi connectivity index (χ2n) is 4.91. The summed E-state index contributed by atoms with van der Waals surface area (Å²) in [5, 5.41) is 7.13. The topological polar surface area (TPSA) is 36.4 Å². The van der Waals surface area contributed by atoms with Crippen molar-refractivity contribution in [1.29, 1.82) is 0 Å². The molecule has 0 radical (unpaired) electrons. The van der Waals surface area contributed by atoms with Gasteiger partial charge in [0.25, 0.3) is 0 Å². The molecular formula is C16H17F2N3S2. The predicted octanol–water partition coefficient (Wildman–Crippen LogP) is 4.83. The zero-order valence-corrected chi connectivity index (χ0v) is 14.5. The fourth-order valence-electron chi connectivity index (χ4n) is 1.92. The van der Waals surface area contributed by atoms with Crippen LogP contribution < -0.4 is 10.7 Å². The second-order valence-corrected chi connectivity index (χ2v) is 6.61. The van der Waals surface area contributed by atoms with Gasteiger partial charge < -0.3 is 5.32 Å². The van der Waals surface area contributed by atoms with Gasteiger partial charge in [-0.05, 0) is 49.8 Å². The lowest BCUT2D eigenvalue weighted by molar-refractivity contribution is 0.586. The Morgan fingerprint density at radius 3 is 2.65 bits per heavy atom. The van der Waals surface area contributed by atoms with Gasteiger partial charge in [-0.1, -0.05) is 13.3 Å². The molecular weight excluding hydrogens is 336 g/mol. The molecule has 0 atom stereocenters. The molecule has 0 saturated carbocycles. The number of anilines is 1. The van der Waals surface area contributed by atoms with Crippen molar-refractivity contribution in [3.05, 3.63) is 51.7 Å². The van der Waals surface area contributed by atoms with E-state index in [0.717, 1.165) is 35.6 Å². The summed E-state index contributed by atoms with van der Waals surface area (Å²) in [6.45, 7) is 4.11. The minimum absolute atomic E-state index is 0.100. The Morgan fingerprint density at radius 1 is 1.26 bits per heavy atom. The first-order chi connectivity index (χ1) is 11.0. The highest BCUT2D eigenvalue weighted by molar-refractivity contribution is 7.80. The Morgan fingerprint density at radius 2 is 2.04 bits per heavy atom. The summed E-state index contributed by atoms with van der Waals surface area (Å²) in [4.78, 5) is 2.28. The normalized spacial score (nSPS) is 11.4. The van der Waals surface area contributed by atoms with Crippen molar-refractivity contribution in [2.75, 3.05) is 5.32 Å². The Balaban J connectivity index is 2.05. The van der Waals surface area contributed by atoms with Gasteiger partial charge in [0, 0.05) is 10.9 Å². The van der Waals surface area contributed by atoms with E-state index in [4.69, 9.17) is 12.2 Å². The molecule has 0 amide bonds. The number of hydrazone groups is 1. The minimum atomic E-state index is -0.708. The summed E-state index contributed by atoms with van der Waals surface area (Å²) in [6, 6.07) is 7.30. The number of aryl methyl sites for hydroxylation is 1. The van der Waals surface area contributed by atoms with E-state index >= 15 is 0 Å². The van der Waals surface area contributed by atoms with E-state index in [1.165, 1.54) is 10.9 Å². The van der Waals surface area contributed by atoms with Crippen molar-refractivity contribution in [3.63, 3.8) is 0 Å². The van der Waals surface area contributed by atoms with Gasteiger partial charge in [0.1, 0.15) is 11.6 Å². The van der Waals surface area contributed by atoms with Gasteiger partial charge in [0.05, 0.1) is 16.3 Å². The molecule has 0 saturated heterocycles. The van der Waals surface area contributed by atoms with Crippen molar-refractivity contribution >= 4 is 40.1 Å². The molecule has 1 aromatic heterocycles. The third kappa shape index (κ3) is 5.07. The number of hydrogen-bond donors (Lipinski definition) is 2. The zero-order valence-electron chi connectivity index (χ0n) is 12.8. The summed E-state index contributed by atoms with van der Waals surface area (Å²) in [5.74, 6) is -1.34. The number of thiocarbonyl (C=S) groups is 1. The maximum Gasteiger partial charge on any atom is 0.191 e.